The first-order valence-electron chi connectivity index (χ1n) is 11.4. The van der Waals surface area contributed by atoms with Gasteiger partial charge >= 0.3 is 0 Å². The van der Waals surface area contributed by atoms with Crippen molar-refractivity contribution in [1.82, 2.24) is 24.4 Å². The van der Waals surface area contributed by atoms with Gasteiger partial charge in [0.1, 0.15) is 11.2 Å². The van der Waals surface area contributed by atoms with Crippen LogP contribution in [0.25, 0.3) is 11.0 Å². The maximum atomic E-state index is 12.8. The molecule has 5 rings (SSSR count). The standard InChI is InChI=1S/C24H30N6O/c1-17(2)30-16-26-22-21(30)15-20(27-23(22)28-11-5-6-12-28)18-8-13-29(14-9-18)24(31)19-7-3-4-10-25-19/h3-4,7,10,15-18H,5-6,8-9,11-14H2,1-2H3. The van der Waals surface area contributed by atoms with Crippen LogP contribution in [0.4, 0.5) is 5.82 Å². The summed E-state index contributed by atoms with van der Waals surface area (Å²) in [6.45, 7) is 7.97. The zero-order chi connectivity index (χ0) is 21.4. The van der Waals surface area contributed by atoms with E-state index in [1.165, 1.54) is 18.4 Å². The van der Waals surface area contributed by atoms with E-state index in [9.17, 15) is 4.79 Å². The van der Waals surface area contributed by atoms with Crippen LogP contribution in [0.5, 0.6) is 0 Å². The lowest BCUT2D eigenvalue weighted by Crippen LogP contribution is -2.38. The van der Waals surface area contributed by atoms with E-state index in [1.54, 1.807) is 12.3 Å². The summed E-state index contributed by atoms with van der Waals surface area (Å²) in [5.74, 6) is 1.42. The third kappa shape index (κ3) is 3.77. The molecule has 0 unspecified atom stereocenters. The summed E-state index contributed by atoms with van der Waals surface area (Å²) in [5, 5.41) is 0. The molecule has 0 radical (unpaired) electrons. The minimum absolute atomic E-state index is 0.0260. The quantitative estimate of drug-likeness (QED) is 0.640. The van der Waals surface area contributed by atoms with Crippen molar-refractivity contribution in [2.75, 3.05) is 31.1 Å². The predicted molar refractivity (Wildman–Crippen MR) is 121 cm³/mol. The average molecular weight is 419 g/mol. The van der Waals surface area contributed by atoms with Gasteiger partial charge in [0.25, 0.3) is 5.91 Å². The molecule has 5 heterocycles. The molecule has 7 heteroatoms. The van der Waals surface area contributed by atoms with E-state index in [2.05, 4.69) is 34.4 Å². The number of nitrogens with zero attached hydrogens (tertiary/aromatic N) is 6. The number of rotatable bonds is 4. The molecule has 2 aliphatic rings. The highest BCUT2D eigenvalue weighted by molar-refractivity contribution is 5.92. The molecule has 7 nitrogen and oxygen atoms in total. The van der Waals surface area contributed by atoms with Gasteiger partial charge in [-0.2, -0.15) is 0 Å². The Morgan fingerprint density at radius 1 is 1.06 bits per heavy atom. The number of anilines is 1. The van der Waals surface area contributed by atoms with Crippen molar-refractivity contribution in [3.63, 3.8) is 0 Å². The Morgan fingerprint density at radius 3 is 2.52 bits per heavy atom. The lowest BCUT2D eigenvalue weighted by molar-refractivity contribution is 0.0706. The molecule has 2 aliphatic heterocycles. The van der Waals surface area contributed by atoms with Gasteiger partial charge in [0.2, 0.25) is 0 Å². The number of imidazole rings is 1. The maximum Gasteiger partial charge on any atom is 0.272 e. The van der Waals surface area contributed by atoms with Gasteiger partial charge in [0.15, 0.2) is 5.82 Å². The molecule has 1 amide bonds. The Labute approximate surface area is 183 Å². The fourth-order valence-corrected chi connectivity index (χ4v) is 4.83. The van der Waals surface area contributed by atoms with Gasteiger partial charge in [-0.15, -0.1) is 0 Å². The van der Waals surface area contributed by atoms with Crippen LogP contribution in [0.1, 0.15) is 67.7 Å². The number of hydrogen-bond acceptors (Lipinski definition) is 5. The van der Waals surface area contributed by atoms with Gasteiger partial charge < -0.3 is 14.4 Å². The summed E-state index contributed by atoms with van der Waals surface area (Å²) >= 11 is 0. The molecule has 0 aliphatic carbocycles. The Balaban J connectivity index is 1.41. The zero-order valence-corrected chi connectivity index (χ0v) is 18.4. The molecule has 3 aromatic heterocycles. The van der Waals surface area contributed by atoms with Crippen molar-refractivity contribution in [2.24, 2.45) is 0 Å². The number of amides is 1. The summed E-state index contributed by atoms with van der Waals surface area (Å²) in [7, 11) is 0. The van der Waals surface area contributed by atoms with Gasteiger partial charge in [0.05, 0.1) is 11.8 Å². The van der Waals surface area contributed by atoms with E-state index >= 15 is 0 Å². The van der Waals surface area contributed by atoms with Crippen LogP contribution in [-0.4, -0.2) is 56.5 Å². The van der Waals surface area contributed by atoms with E-state index in [0.29, 0.717) is 17.7 Å². The van der Waals surface area contributed by atoms with Crippen molar-refractivity contribution < 1.29 is 4.79 Å². The van der Waals surface area contributed by atoms with Gasteiger partial charge in [-0.25, -0.2) is 9.97 Å². The number of piperidine rings is 1. The summed E-state index contributed by atoms with van der Waals surface area (Å²) in [5.41, 5.74) is 3.86. The van der Waals surface area contributed by atoms with Crippen LogP contribution in [0.3, 0.4) is 0 Å². The van der Waals surface area contributed by atoms with Crippen LogP contribution in [0.15, 0.2) is 36.8 Å². The van der Waals surface area contributed by atoms with E-state index in [4.69, 9.17) is 9.97 Å². The summed E-state index contributed by atoms with van der Waals surface area (Å²) < 4.78 is 2.25. The zero-order valence-electron chi connectivity index (χ0n) is 18.4. The van der Waals surface area contributed by atoms with E-state index in [0.717, 1.165) is 56.0 Å². The molecule has 0 N–H and O–H groups in total. The number of carbonyl (C=O) groups excluding carboxylic acids is 1. The van der Waals surface area contributed by atoms with E-state index in [1.807, 2.05) is 23.4 Å². The van der Waals surface area contributed by atoms with Crippen molar-refractivity contribution >= 4 is 22.8 Å². The van der Waals surface area contributed by atoms with Crippen molar-refractivity contribution in [3.05, 3.63) is 48.2 Å². The van der Waals surface area contributed by atoms with Gasteiger partial charge in [-0.1, -0.05) is 6.07 Å². The predicted octanol–water partition coefficient (Wildman–Crippen LogP) is 4.03. The molecule has 0 bridgehead atoms. The number of hydrogen-bond donors (Lipinski definition) is 0. The maximum absolute atomic E-state index is 12.8. The molecule has 2 saturated heterocycles. The molecule has 0 saturated carbocycles. The van der Waals surface area contributed by atoms with Gasteiger partial charge in [-0.05, 0) is 57.7 Å². The normalized spacial score (nSPS) is 17.8. The number of fused-ring (bicyclic) bond motifs is 1. The lowest BCUT2D eigenvalue weighted by atomic mass is 9.92. The number of pyridine rings is 2. The Hall–Kier alpha value is -2.96. The Kier molecular flexibility index (Phi) is 5.34. The number of likely N-dealkylation sites (tertiary alicyclic amines) is 1. The second kappa shape index (κ2) is 8.29. The molecule has 2 fully saturated rings. The average Bonchev–Trinajstić information content (AvgIpc) is 3.49. The second-order valence-corrected chi connectivity index (χ2v) is 8.96. The molecule has 3 aromatic rings. The molecule has 0 spiro atoms. The Bertz CT molecular complexity index is 1060. The molecule has 0 aromatic carbocycles. The van der Waals surface area contributed by atoms with Crippen LogP contribution in [0, 0.1) is 0 Å². The first-order chi connectivity index (χ1) is 15.1. The number of aromatic nitrogens is 4. The van der Waals surface area contributed by atoms with Gasteiger partial charge in [-0.3, -0.25) is 9.78 Å². The largest absolute Gasteiger partial charge is 0.355 e. The minimum atomic E-state index is 0.0260. The van der Waals surface area contributed by atoms with Crippen LogP contribution in [-0.2, 0) is 0 Å². The smallest absolute Gasteiger partial charge is 0.272 e. The summed E-state index contributed by atoms with van der Waals surface area (Å²) in [6, 6.07) is 8.08. The highest BCUT2D eigenvalue weighted by Crippen LogP contribution is 2.34. The lowest BCUT2D eigenvalue weighted by Gasteiger charge is -2.32. The molecular formula is C24H30N6O. The van der Waals surface area contributed by atoms with Crippen LogP contribution >= 0.6 is 0 Å². The summed E-state index contributed by atoms with van der Waals surface area (Å²) in [4.78, 5) is 31.2. The molecule has 0 atom stereocenters. The third-order valence-electron chi connectivity index (χ3n) is 6.61. The molecular weight excluding hydrogens is 388 g/mol. The highest BCUT2D eigenvalue weighted by Gasteiger charge is 2.28. The topological polar surface area (TPSA) is 67.2 Å². The van der Waals surface area contributed by atoms with Crippen molar-refractivity contribution in [2.45, 2.75) is 51.5 Å². The summed E-state index contributed by atoms with van der Waals surface area (Å²) in [6.07, 6.45) is 7.91. The first kappa shape index (κ1) is 20.0. The van der Waals surface area contributed by atoms with Gasteiger partial charge in [0, 0.05) is 50.0 Å². The minimum Gasteiger partial charge on any atom is -0.355 e. The fraction of sp³-hybridized carbons (Fsp3) is 0.500. The highest BCUT2D eigenvalue weighted by atomic mass is 16.2. The molecule has 162 valence electrons. The van der Waals surface area contributed by atoms with Crippen LogP contribution in [0.2, 0.25) is 0 Å². The van der Waals surface area contributed by atoms with E-state index < -0.39 is 0 Å². The third-order valence-corrected chi connectivity index (χ3v) is 6.61. The number of carbonyl (C=O) groups is 1. The molecule has 31 heavy (non-hydrogen) atoms. The van der Waals surface area contributed by atoms with Crippen molar-refractivity contribution in [1.29, 1.82) is 0 Å². The monoisotopic (exact) mass is 418 g/mol. The van der Waals surface area contributed by atoms with Crippen molar-refractivity contribution in [3.8, 4) is 0 Å². The van der Waals surface area contributed by atoms with E-state index in [-0.39, 0.29) is 5.91 Å². The Morgan fingerprint density at radius 2 is 1.84 bits per heavy atom. The first-order valence-corrected chi connectivity index (χ1v) is 11.4. The SMILES string of the molecule is CC(C)n1cnc2c(N3CCCC3)nc(C3CCN(C(=O)c4ccccn4)CC3)cc21. The van der Waals surface area contributed by atoms with Crippen LogP contribution < -0.4 is 4.90 Å². The second-order valence-electron chi connectivity index (χ2n) is 8.96. The fourth-order valence-electron chi connectivity index (χ4n) is 4.83.